The van der Waals surface area contributed by atoms with Crippen molar-refractivity contribution in [2.24, 2.45) is 0 Å². The normalized spacial score (nSPS) is 10.7. The largest absolute Gasteiger partial charge is 0.493 e. The van der Waals surface area contributed by atoms with Gasteiger partial charge < -0.3 is 9.84 Å². The maximum absolute atomic E-state index is 10.6. The van der Waals surface area contributed by atoms with Crippen LogP contribution in [0.4, 0.5) is 0 Å². The fourth-order valence-electron chi connectivity index (χ4n) is 2.25. The molecule has 3 aromatic rings. The van der Waals surface area contributed by atoms with Gasteiger partial charge in [0.05, 0.1) is 18.1 Å². The quantitative estimate of drug-likeness (QED) is 0.518. The molecule has 2 aromatic carbocycles. The molecule has 0 bridgehead atoms. The molecule has 0 unspecified atom stereocenters. The zero-order valence-corrected chi connectivity index (χ0v) is 16.1. The number of halogens is 1. The molecule has 4 nitrogen and oxygen atoms in total. The molecule has 0 saturated heterocycles. The lowest BCUT2D eigenvalue weighted by Gasteiger charge is -2.07. The Hall–Kier alpha value is -2.02. The van der Waals surface area contributed by atoms with Gasteiger partial charge in [-0.2, -0.15) is 0 Å². The Morgan fingerprint density at radius 3 is 2.42 bits per heavy atom. The molecule has 1 heterocycles. The van der Waals surface area contributed by atoms with E-state index in [9.17, 15) is 4.79 Å². The van der Waals surface area contributed by atoms with Gasteiger partial charge >= 0.3 is 5.97 Å². The van der Waals surface area contributed by atoms with Crippen LogP contribution >= 0.6 is 34.7 Å². The summed E-state index contributed by atoms with van der Waals surface area (Å²) in [6, 6.07) is 15.6. The van der Waals surface area contributed by atoms with Crippen LogP contribution in [0.5, 0.6) is 5.75 Å². The lowest BCUT2D eigenvalue weighted by atomic mass is 10.1. The van der Waals surface area contributed by atoms with Gasteiger partial charge in [0.15, 0.2) is 4.34 Å². The highest BCUT2D eigenvalue weighted by molar-refractivity contribution is 8.01. The minimum atomic E-state index is -0.836. The number of benzene rings is 2. The third-order valence-corrected chi connectivity index (χ3v) is 5.82. The van der Waals surface area contributed by atoms with Crippen LogP contribution in [0.25, 0.3) is 11.1 Å². The first-order valence-electron chi connectivity index (χ1n) is 7.88. The van der Waals surface area contributed by atoms with Gasteiger partial charge in [-0.25, -0.2) is 4.98 Å². The van der Waals surface area contributed by atoms with Gasteiger partial charge in [0.2, 0.25) is 0 Å². The highest BCUT2D eigenvalue weighted by atomic mass is 35.5. The number of nitrogens with zero attached hydrogens (tertiary/aromatic N) is 1. The van der Waals surface area contributed by atoms with Crippen molar-refractivity contribution in [3.63, 3.8) is 0 Å². The lowest BCUT2D eigenvalue weighted by Crippen LogP contribution is -2.01. The van der Waals surface area contributed by atoms with Crippen molar-refractivity contribution in [1.29, 1.82) is 0 Å². The van der Waals surface area contributed by atoms with Gasteiger partial charge in [-0.1, -0.05) is 47.6 Å². The van der Waals surface area contributed by atoms with Crippen molar-refractivity contribution >= 4 is 40.7 Å². The second kappa shape index (κ2) is 9.07. The summed E-state index contributed by atoms with van der Waals surface area (Å²) in [5.41, 5.74) is 3.13. The van der Waals surface area contributed by atoms with Crippen molar-refractivity contribution < 1.29 is 14.6 Å². The lowest BCUT2D eigenvalue weighted by molar-refractivity contribution is -0.133. The van der Waals surface area contributed by atoms with Crippen molar-refractivity contribution in [1.82, 2.24) is 4.98 Å². The molecule has 7 heteroatoms. The van der Waals surface area contributed by atoms with Crippen LogP contribution in [0.1, 0.15) is 5.69 Å². The molecule has 0 saturated carbocycles. The first kappa shape index (κ1) is 18.8. The van der Waals surface area contributed by atoms with Gasteiger partial charge in [0.25, 0.3) is 0 Å². The molecule has 26 heavy (non-hydrogen) atoms. The van der Waals surface area contributed by atoms with Crippen LogP contribution in [0.15, 0.2) is 58.3 Å². The van der Waals surface area contributed by atoms with Crippen molar-refractivity contribution in [3.8, 4) is 16.9 Å². The molecule has 0 aliphatic rings. The van der Waals surface area contributed by atoms with E-state index >= 15 is 0 Å². The number of carboxylic acids is 1. The first-order chi connectivity index (χ1) is 12.6. The second-order valence-electron chi connectivity index (χ2n) is 5.42. The summed E-state index contributed by atoms with van der Waals surface area (Å²) in [4.78, 5) is 15.0. The number of rotatable bonds is 8. The molecule has 0 fully saturated rings. The van der Waals surface area contributed by atoms with E-state index in [1.54, 1.807) is 0 Å². The molecule has 0 aliphatic heterocycles. The van der Waals surface area contributed by atoms with Gasteiger partial charge in [0, 0.05) is 16.8 Å². The summed E-state index contributed by atoms with van der Waals surface area (Å²) in [5.74, 6) is -0.000727. The molecule has 1 N–H and O–H groups in total. The number of hydrogen-bond donors (Lipinski definition) is 1. The molecule has 0 spiro atoms. The van der Waals surface area contributed by atoms with E-state index < -0.39 is 5.97 Å². The van der Waals surface area contributed by atoms with Crippen molar-refractivity contribution in [2.75, 3.05) is 12.4 Å². The van der Waals surface area contributed by atoms with E-state index in [0.717, 1.165) is 31.9 Å². The summed E-state index contributed by atoms with van der Waals surface area (Å²) in [7, 11) is 0. The van der Waals surface area contributed by atoms with Crippen LogP contribution in [-0.2, 0) is 11.2 Å². The predicted molar refractivity (Wildman–Crippen MR) is 107 cm³/mol. The minimum Gasteiger partial charge on any atom is -0.493 e. The fourth-order valence-corrected chi connectivity index (χ4v) is 3.98. The molecule has 0 radical (unpaired) electrons. The zero-order chi connectivity index (χ0) is 18.4. The van der Waals surface area contributed by atoms with Crippen LogP contribution in [0.2, 0.25) is 5.02 Å². The number of hydrogen-bond acceptors (Lipinski definition) is 5. The summed E-state index contributed by atoms with van der Waals surface area (Å²) < 4.78 is 6.54. The monoisotopic (exact) mass is 405 g/mol. The molecule has 0 atom stereocenters. The summed E-state index contributed by atoms with van der Waals surface area (Å²) in [6.45, 7) is 0.521. The third-order valence-electron chi connectivity index (χ3n) is 3.51. The number of thiazole rings is 1. The number of aromatic nitrogens is 1. The van der Waals surface area contributed by atoms with Crippen LogP contribution in [-0.4, -0.2) is 28.4 Å². The Labute approximate surface area is 164 Å². The maximum Gasteiger partial charge on any atom is 0.313 e. The molecule has 0 aliphatic carbocycles. The van der Waals surface area contributed by atoms with E-state index in [2.05, 4.69) is 4.98 Å². The fraction of sp³-hybridized carbons (Fsp3) is 0.158. The minimum absolute atomic E-state index is 0.0312. The highest BCUT2D eigenvalue weighted by Crippen LogP contribution is 2.25. The first-order valence-corrected chi connectivity index (χ1v) is 10.1. The predicted octanol–water partition coefficient (Wildman–Crippen LogP) is 5.26. The van der Waals surface area contributed by atoms with E-state index in [0.29, 0.717) is 13.0 Å². The molecule has 134 valence electrons. The molecule has 3 rings (SSSR count). The SMILES string of the molecule is O=C(O)CSc1nc(CCOc2ccc(-c3ccc(Cl)cc3)cc2)cs1. The molecule has 0 amide bonds. The highest BCUT2D eigenvalue weighted by Gasteiger charge is 2.06. The number of aliphatic carboxylic acids is 1. The van der Waals surface area contributed by atoms with E-state index in [4.69, 9.17) is 21.4 Å². The van der Waals surface area contributed by atoms with Crippen LogP contribution < -0.4 is 4.74 Å². The Morgan fingerprint density at radius 1 is 1.12 bits per heavy atom. The molecule has 1 aromatic heterocycles. The topological polar surface area (TPSA) is 59.4 Å². The maximum atomic E-state index is 10.6. The number of carboxylic acid groups (broad SMARTS) is 1. The van der Waals surface area contributed by atoms with Gasteiger partial charge in [-0.15, -0.1) is 11.3 Å². The number of ether oxygens (including phenoxy) is 1. The average Bonchev–Trinajstić information content (AvgIpc) is 3.09. The van der Waals surface area contributed by atoms with E-state index in [-0.39, 0.29) is 5.75 Å². The summed E-state index contributed by atoms with van der Waals surface area (Å²) in [6.07, 6.45) is 0.684. The summed E-state index contributed by atoms with van der Waals surface area (Å²) >= 11 is 8.61. The van der Waals surface area contributed by atoms with Crippen LogP contribution in [0.3, 0.4) is 0 Å². The smallest absolute Gasteiger partial charge is 0.313 e. The third kappa shape index (κ3) is 5.49. The molecular weight excluding hydrogens is 390 g/mol. The Bertz CT molecular complexity index is 863. The van der Waals surface area contributed by atoms with E-state index in [1.165, 1.54) is 23.1 Å². The molecular formula is C19H16ClNO3S2. The van der Waals surface area contributed by atoms with Gasteiger partial charge in [-0.3, -0.25) is 4.79 Å². The van der Waals surface area contributed by atoms with Gasteiger partial charge in [0.1, 0.15) is 5.75 Å². The standard InChI is InChI=1S/C19H16ClNO3S2/c20-15-5-1-13(2-6-15)14-3-7-17(8-4-14)24-10-9-16-11-25-19(21-16)26-12-18(22)23/h1-8,11H,9-10,12H2,(H,22,23). The Kier molecular flexibility index (Phi) is 6.55. The second-order valence-corrected chi connectivity index (χ2v) is 7.93. The number of thioether (sulfide) groups is 1. The Balaban J connectivity index is 1.49. The number of carbonyl (C=O) groups is 1. The van der Waals surface area contributed by atoms with Gasteiger partial charge in [-0.05, 0) is 35.4 Å². The average molecular weight is 406 g/mol. The summed E-state index contributed by atoms with van der Waals surface area (Å²) in [5, 5.41) is 11.3. The van der Waals surface area contributed by atoms with Crippen molar-refractivity contribution in [3.05, 3.63) is 64.6 Å². The van der Waals surface area contributed by atoms with Crippen molar-refractivity contribution in [2.45, 2.75) is 10.8 Å². The van der Waals surface area contributed by atoms with E-state index in [1.807, 2.05) is 53.9 Å². The zero-order valence-electron chi connectivity index (χ0n) is 13.7. The van der Waals surface area contributed by atoms with Crippen LogP contribution in [0, 0.1) is 0 Å². The Morgan fingerprint density at radius 2 is 1.77 bits per heavy atom.